The van der Waals surface area contributed by atoms with E-state index in [2.05, 4.69) is 0 Å². The molecule has 5 nitrogen and oxygen atoms in total. The monoisotopic (exact) mass is 285 g/mol. The standard InChI is InChI=1S/C13H19NO4S/c1-18-12-6-4-8-14(9-12)19(16,17)13-7-3-2-5-11(13)10-15/h2-3,5,7,12,15H,4,6,8-10H2,1H3. The first-order valence-corrected chi connectivity index (χ1v) is 7.75. The predicted octanol–water partition coefficient (Wildman–Crippen LogP) is 0.978. The number of hydrogen-bond acceptors (Lipinski definition) is 4. The summed E-state index contributed by atoms with van der Waals surface area (Å²) in [6.07, 6.45) is 1.62. The van der Waals surface area contributed by atoms with Gasteiger partial charge < -0.3 is 9.84 Å². The highest BCUT2D eigenvalue weighted by atomic mass is 32.2. The molecule has 1 N–H and O–H groups in total. The molecule has 0 saturated carbocycles. The highest BCUT2D eigenvalue weighted by Gasteiger charge is 2.31. The lowest BCUT2D eigenvalue weighted by Crippen LogP contribution is -2.43. The van der Waals surface area contributed by atoms with Crippen LogP contribution >= 0.6 is 0 Å². The van der Waals surface area contributed by atoms with E-state index in [0.29, 0.717) is 18.7 Å². The second-order valence-electron chi connectivity index (χ2n) is 4.63. The van der Waals surface area contributed by atoms with Gasteiger partial charge in [0.25, 0.3) is 0 Å². The number of aliphatic hydroxyl groups is 1. The summed E-state index contributed by atoms with van der Waals surface area (Å²) in [6.45, 7) is 0.595. The van der Waals surface area contributed by atoms with Crippen LogP contribution in [0.3, 0.4) is 0 Å². The lowest BCUT2D eigenvalue weighted by atomic mass is 10.1. The Labute approximate surface area is 113 Å². The summed E-state index contributed by atoms with van der Waals surface area (Å²) in [7, 11) is -1.95. The Morgan fingerprint density at radius 2 is 2.16 bits per heavy atom. The topological polar surface area (TPSA) is 66.8 Å². The van der Waals surface area contributed by atoms with Crippen molar-refractivity contribution in [1.82, 2.24) is 4.31 Å². The summed E-state index contributed by atoms with van der Waals surface area (Å²) in [5.74, 6) is 0. The van der Waals surface area contributed by atoms with Gasteiger partial charge in [0.15, 0.2) is 0 Å². The summed E-state index contributed by atoms with van der Waals surface area (Å²) in [5, 5.41) is 9.27. The van der Waals surface area contributed by atoms with E-state index in [1.54, 1.807) is 25.3 Å². The molecule has 0 aliphatic carbocycles. The summed E-state index contributed by atoms with van der Waals surface area (Å²) in [5.41, 5.74) is 0.432. The third kappa shape index (κ3) is 2.97. The van der Waals surface area contributed by atoms with Crippen LogP contribution < -0.4 is 0 Å². The highest BCUT2D eigenvalue weighted by Crippen LogP contribution is 2.24. The van der Waals surface area contributed by atoms with Crippen LogP contribution in [-0.2, 0) is 21.4 Å². The van der Waals surface area contributed by atoms with Crippen molar-refractivity contribution in [2.24, 2.45) is 0 Å². The molecule has 19 heavy (non-hydrogen) atoms. The third-order valence-corrected chi connectivity index (χ3v) is 5.40. The second-order valence-corrected chi connectivity index (χ2v) is 6.54. The summed E-state index contributed by atoms with van der Waals surface area (Å²) in [6, 6.07) is 6.56. The molecule has 1 aromatic carbocycles. The van der Waals surface area contributed by atoms with E-state index in [0.717, 1.165) is 12.8 Å². The van der Waals surface area contributed by atoms with Crippen molar-refractivity contribution in [2.45, 2.75) is 30.4 Å². The Morgan fingerprint density at radius 3 is 2.84 bits per heavy atom. The van der Waals surface area contributed by atoms with Crippen molar-refractivity contribution in [3.63, 3.8) is 0 Å². The van der Waals surface area contributed by atoms with Crippen molar-refractivity contribution < 1.29 is 18.3 Å². The Hall–Kier alpha value is -0.950. The Kier molecular flexibility index (Phi) is 4.57. The number of ether oxygens (including phenoxy) is 1. The number of rotatable bonds is 4. The van der Waals surface area contributed by atoms with Crippen molar-refractivity contribution in [3.8, 4) is 0 Å². The van der Waals surface area contributed by atoms with Crippen LogP contribution in [0.15, 0.2) is 29.2 Å². The van der Waals surface area contributed by atoms with Crippen molar-refractivity contribution in [3.05, 3.63) is 29.8 Å². The molecule has 1 aromatic rings. The summed E-state index contributed by atoms with van der Waals surface area (Å²) in [4.78, 5) is 0.189. The molecule has 6 heteroatoms. The van der Waals surface area contributed by atoms with Crippen LogP contribution in [0.1, 0.15) is 18.4 Å². The molecule has 0 radical (unpaired) electrons. The van der Waals surface area contributed by atoms with Gasteiger partial charge in [-0.25, -0.2) is 8.42 Å². The van der Waals surface area contributed by atoms with E-state index in [1.165, 1.54) is 10.4 Å². The van der Waals surface area contributed by atoms with Crippen molar-refractivity contribution in [1.29, 1.82) is 0 Å². The van der Waals surface area contributed by atoms with Gasteiger partial charge in [0.2, 0.25) is 10.0 Å². The molecule has 1 aliphatic rings. The Morgan fingerprint density at radius 1 is 1.42 bits per heavy atom. The number of benzene rings is 1. The minimum absolute atomic E-state index is 0.0511. The maximum atomic E-state index is 12.6. The molecule has 1 aliphatic heterocycles. The maximum absolute atomic E-state index is 12.6. The molecular weight excluding hydrogens is 266 g/mol. The maximum Gasteiger partial charge on any atom is 0.243 e. The molecule has 106 valence electrons. The fourth-order valence-corrected chi connectivity index (χ4v) is 4.07. The van der Waals surface area contributed by atoms with E-state index < -0.39 is 10.0 Å². The van der Waals surface area contributed by atoms with Crippen molar-refractivity contribution >= 4 is 10.0 Å². The van der Waals surface area contributed by atoms with Gasteiger partial charge in [-0.05, 0) is 24.5 Å². The van der Waals surface area contributed by atoms with Crippen LogP contribution in [0.2, 0.25) is 0 Å². The van der Waals surface area contributed by atoms with E-state index in [4.69, 9.17) is 4.74 Å². The summed E-state index contributed by atoms with van der Waals surface area (Å²) >= 11 is 0. The van der Waals surface area contributed by atoms with Crippen LogP contribution in [-0.4, -0.2) is 44.1 Å². The quantitative estimate of drug-likeness (QED) is 0.895. The largest absolute Gasteiger partial charge is 0.392 e. The van der Waals surface area contributed by atoms with Crippen molar-refractivity contribution in [2.75, 3.05) is 20.2 Å². The first-order valence-electron chi connectivity index (χ1n) is 6.31. The number of nitrogens with zero attached hydrogens (tertiary/aromatic N) is 1. The predicted molar refractivity (Wildman–Crippen MR) is 71.2 cm³/mol. The highest BCUT2D eigenvalue weighted by molar-refractivity contribution is 7.89. The fraction of sp³-hybridized carbons (Fsp3) is 0.538. The van der Waals surface area contributed by atoms with Gasteiger partial charge in [-0.15, -0.1) is 0 Å². The number of aliphatic hydroxyl groups excluding tert-OH is 1. The normalized spacial score (nSPS) is 21.5. The summed E-state index contributed by atoms with van der Waals surface area (Å²) < 4.78 is 31.9. The minimum Gasteiger partial charge on any atom is -0.392 e. The molecule has 1 unspecified atom stereocenters. The molecule has 0 spiro atoms. The molecule has 1 heterocycles. The average Bonchev–Trinajstić information content (AvgIpc) is 2.47. The van der Waals surface area contributed by atoms with Crippen LogP contribution in [0, 0.1) is 0 Å². The number of piperidine rings is 1. The number of methoxy groups -OCH3 is 1. The molecule has 2 rings (SSSR count). The molecule has 1 fully saturated rings. The lowest BCUT2D eigenvalue weighted by molar-refractivity contribution is 0.0571. The number of sulfonamides is 1. The minimum atomic E-state index is -3.55. The Bertz CT molecular complexity index is 529. The van der Waals surface area contributed by atoms with Gasteiger partial charge in [0.05, 0.1) is 17.6 Å². The first kappa shape index (κ1) is 14.5. The molecular formula is C13H19NO4S. The molecule has 0 amide bonds. The first-order chi connectivity index (χ1) is 9.09. The van der Waals surface area contributed by atoms with Crippen LogP contribution in [0.25, 0.3) is 0 Å². The smallest absolute Gasteiger partial charge is 0.243 e. The SMILES string of the molecule is COC1CCCN(S(=O)(=O)c2ccccc2CO)C1. The number of hydrogen-bond donors (Lipinski definition) is 1. The molecule has 1 atom stereocenters. The van der Waals surface area contributed by atoms with Crippen LogP contribution in [0.4, 0.5) is 0 Å². The zero-order chi connectivity index (χ0) is 13.9. The lowest BCUT2D eigenvalue weighted by Gasteiger charge is -2.31. The van der Waals surface area contributed by atoms with E-state index in [-0.39, 0.29) is 17.6 Å². The zero-order valence-corrected chi connectivity index (χ0v) is 11.8. The van der Waals surface area contributed by atoms with Gasteiger partial charge in [-0.1, -0.05) is 18.2 Å². The van der Waals surface area contributed by atoms with Gasteiger partial charge in [-0.3, -0.25) is 0 Å². The fourth-order valence-electron chi connectivity index (χ4n) is 2.34. The zero-order valence-electron chi connectivity index (χ0n) is 10.9. The second kappa shape index (κ2) is 6.00. The molecule has 0 aromatic heterocycles. The van der Waals surface area contributed by atoms with E-state index in [1.807, 2.05) is 0 Å². The van der Waals surface area contributed by atoms with E-state index >= 15 is 0 Å². The van der Waals surface area contributed by atoms with Gasteiger partial charge in [0.1, 0.15) is 0 Å². The van der Waals surface area contributed by atoms with Crippen LogP contribution in [0.5, 0.6) is 0 Å². The van der Waals surface area contributed by atoms with Gasteiger partial charge in [0, 0.05) is 20.2 Å². The molecule has 1 saturated heterocycles. The van der Waals surface area contributed by atoms with Gasteiger partial charge >= 0.3 is 0 Å². The van der Waals surface area contributed by atoms with Gasteiger partial charge in [-0.2, -0.15) is 4.31 Å². The average molecular weight is 285 g/mol. The third-order valence-electron chi connectivity index (χ3n) is 3.43. The molecule has 0 bridgehead atoms. The van der Waals surface area contributed by atoms with E-state index in [9.17, 15) is 13.5 Å². The Balaban J connectivity index is 2.31.